The summed E-state index contributed by atoms with van der Waals surface area (Å²) in [4.78, 5) is 37.0. The molecule has 1 aromatic carbocycles. The average Bonchev–Trinajstić information content (AvgIpc) is 3.00. The van der Waals surface area contributed by atoms with Crippen LogP contribution >= 0.6 is 0 Å². The molecule has 0 radical (unpaired) electrons. The molecule has 0 saturated heterocycles. The summed E-state index contributed by atoms with van der Waals surface area (Å²) in [7, 11) is 0. The highest BCUT2D eigenvalue weighted by Gasteiger charge is 2.66. The van der Waals surface area contributed by atoms with Crippen LogP contribution in [0.3, 0.4) is 0 Å². The number of nitrogens with zero attached hydrogens (tertiary/aromatic N) is 1. The van der Waals surface area contributed by atoms with E-state index in [1.165, 1.54) is 4.90 Å². The molecule has 2 N–H and O–H groups in total. The van der Waals surface area contributed by atoms with E-state index in [0.717, 1.165) is 0 Å². The van der Waals surface area contributed by atoms with Gasteiger partial charge in [-0.25, -0.2) is 0 Å². The van der Waals surface area contributed by atoms with Crippen molar-refractivity contribution < 1.29 is 19.5 Å². The summed E-state index contributed by atoms with van der Waals surface area (Å²) in [6, 6.07) is 7.02. The van der Waals surface area contributed by atoms with E-state index in [9.17, 15) is 19.5 Å². The van der Waals surface area contributed by atoms with Crippen LogP contribution in [0.2, 0.25) is 0 Å². The van der Waals surface area contributed by atoms with Crippen LogP contribution in [0.5, 0.6) is 0 Å². The van der Waals surface area contributed by atoms with Crippen molar-refractivity contribution in [2.24, 2.45) is 17.3 Å². The van der Waals surface area contributed by atoms with Crippen molar-refractivity contribution in [1.82, 2.24) is 0 Å². The smallest absolute Gasteiger partial charge is 0.307 e. The van der Waals surface area contributed by atoms with Gasteiger partial charge in [-0.2, -0.15) is 0 Å². The molecule has 0 spiro atoms. The number of anilines is 2. The zero-order valence-corrected chi connectivity index (χ0v) is 11.8. The Hall–Kier alpha value is -2.37. The Morgan fingerprint density at radius 2 is 1.95 bits per heavy atom. The Balaban J connectivity index is 1.93. The lowest BCUT2D eigenvalue weighted by Gasteiger charge is -2.29. The predicted octanol–water partition coefficient (Wildman–Crippen LogP) is 1.33. The lowest BCUT2D eigenvalue weighted by molar-refractivity contribution is -0.140. The summed E-state index contributed by atoms with van der Waals surface area (Å²) in [5.74, 6) is -2.81. The van der Waals surface area contributed by atoms with E-state index in [-0.39, 0.29) is 18.4 Å². The van der Waals surface area contributed by atoms with Gasteiger partial charge in [0.25, 0.3) is 0 Å². The lowest BCUT2D eigenvalue weighted by atomic mass is 10.1. The molecule has 1 heterocycles. The van der Waals surface area contributed by atoms with Crippen LogP contribution in [-0.4, -0.2) is 29.4 Å². The van der Waals surface area contributed by atoms with E-state index < -0.39 is 23.2 Å². The normalized spacial score (nSPS) is 25.8. The minimum Gasteiger partial charge on any atom is -0.481 e. The van der Waals surface area contributed by atoms with Gasteiger partial charge < -0.3 is 15.3 Å². The maximum Gasteiger partial charge on any atom is 0.307 e. The number of aliphatic carboxylic acids is 1. The second kappa shape index (κ2) is 4.31. The molecule has 1 aliphatic heterocycles. The minimum atomic E-state index is -0.965. The van der Waals surface area contributed by atoms with E-state index in [1.54, 1.807) is 38.1 Å². The number of benzene rings is 1. The third-order valence-electron chi connectivity index (χ3n) is 4.40. The first-order chi connectivity index (χ1) is 9.84. The Bertz CT molecular complexity index is 653. The van der Waals surface area contributed by atoms with E-state index in [4.69, 9.17) is 0 Å². The van der Waals surface area contributed by atoms with Crippen LogP contribution in [0.1, 0.15) is 13.8 Å². The van der Waals surface area contributed by atoms with Crippen LogP contribution in [0.15, 0.2) is 24.3 Å². The SMILES string of the molecule is CC1(C)C(C(=O)O)C1C(=O)N1CC(=O)Nc2ccccc21. The van der Waals surface area contributed by atoms with Crippen molar-refractivity contribution in [1.29, 1.82) is 0 Å². The number of hydrogen-bond donors (Lipinski definition) is 2. The van der Waals surface area contributed by atoms with Crippen molar-refractivity contribution in [3.8, 4) is 0 Å². The third-order valence-corrected chi connectivity index (χ3v) is 4.40. The number of carbonyl (C=O) groups excluding carboxylic acids is 2. The highest BCUT2D eigenvalue weighted by Crippen LogP contribution is 2.59. The fraction of sp³-hybridized carbons (Fsp3) is 0.400. The monoisotopic (exact) mass is 288 g/mol. The molecule has 2 aliphatic rings. The second-order valence-electron chi connectivity index (χ2n) is 6.10. The number of nitrogens with one attached hydrogen (secondary N) is 1. The third kappa shape index (κ3) is 1.98. The molecule has 110 valence electrons. The summed E-state index contributed by atoms with van der Waals surface area (Å²) in [6.45, 7) is 3.46. The van der Waals surface area contributed by atoms with Gasteiger partial charge in [-0.3, -0.25) is 14.4 Å². The molecule has 3 rings (SSSR count). The first-order valence-electron chi connectivity index (χ1n) is 6.77. The molecule has 2 unspecified atom stereocenters. The number of carboxylic acid groups (broad SMARTS) is 1. The quantitative estimate of drug-likeness (QED) is 0.859. The van der Waals surface area contributed by atoms with Gasteiger partial charge in [0.2, 0.25) is 11.8 Å². The van der Waals surface area contributed by atoms with Gasteiger partial charge in [0.1, 0.15) is 6.54 Å². The Morgan fingerprint density at radius 3 is 2.57 bits per heavy atom. The molecule has 6 heteroatoms. The van der Waals surface area contributed by atoms with E-state index in [1.807, 2.05) is 0 Å². The van der Waals surface area contributed by atoms with Crippen molar-refractivity contribution in [2.45, 2.75) is 13.8 Å². The molecule has 0 aromatic heterocycles. The van der Waals surface area contributed by atoms with Crippen LogP contribution in [0.4, 0.5) is 11.4 Å². The summed E-state index contributed by atoms with van der Waals surface area (Å²) < 4.78 is 0. The van der Waals surface area contributed by atoms with E-state index >= 15 is 0 Å². The van der Waals surface area contributed by atoms with Crippen molar-refractivity contribution in [2.75, 3.05) is 16.8 Å². The topological polar surface area (TPSA) is 86.7 Å². The molecule has 1 aromatic rings. The molecule has 0 bridgehead atoms. The molecule has 1 saturated carbocycles. The van der Waals surface area contributed by atoms with E-state index in [0.29, 0.717) is 11.4 Å². The molecular weight excluding hydrogens is 272 g/mol. The largest absolute Gasteiger partial charge is 0.481 e. The number of fused-ring (bicyclic) bond motifs is 1. The Labute approximate surface area is 121 Å². The summed E-state index contributed by atoms with van der Waals surface area (Å²) >= 11 is 0. The van der Waals surface area contributed by atoms with Crippen LogP contribution in [-0.2, 0) is 14.4 Å². The first kappa shape index (κ1) is 13.6. The van der Waals surface area contributed by atoms with Crippen molar-refractivity contribution in [3.63, 3.8) is 0 Å². The number of amides is 2. The number of hydrogen-bond acceptors (Lipinski definition) is 3. The molecular formula is C15H16N2O4. The molecule has 1 fully saturated rings. The van der Waals surface area contributed by atoms with Gasteiger partial charge in [-0.15, -0.1) is 0 Å². The standard InChI is InChI=1S/C15H16N2O4/c1-15(2)11(12(15)14(20)21)13(19)17-7-10(18)16-8-5-3-4-6-9(8)17/h3-6,11-12H,7H2,1-2H3,(H,16,18)(H,20,21). The number of rotatable bonds is 2. The second-order valence-corrected chi connectivity index (χ2v) is 6.10. The maximum absolute atomic E-state index is 12.7. The first-order valence-corrected chi connectivity index (χ1v) is 6.77. The molecule has 2 atom stereocenters. The van der Waals surface area contributed by atoms with Gasteiger partial charge in [0, 0.05) is 0 Å². The van der Waals surface area contributed by atoms with Gasteiger partial charge in [-0.05, 0) is 17.5 Å². The van der Waals surface area contributed by atoms with Crippen LogP contribution < -0.4 is 10.2 Å². The highest BCUT2D eigenvalue weighted by atomic mass is 16.4. The summed E-state index contributed by atoms with van der Waals surface area (Å²) in [5.41, 5.74) is 0.618. The molecule has 6 nitrogen and oxygen atoms in total. The molecule has 1 aliphatic carbocycles. The lowest BCUT2D eigenvalue weighted by Crippen LogP contribution is -2.43. The Kier molecular flexibility index (Phi) is 2.79. The van der Waals surface area contributed by atoms with Crippen LogP contribution in [0, 0.1) is 17.3 Å². The van der Waals surface area contributed by atoms with Gasteiger partial charge in [-0.1, -0.05) is 26.0 Å². The average molecular weight is 288 g/mol. The zero-order chi connectivity index (χ0) is 15.4. The maximum atomic E-state index is 12.7. The van der Waals surface area contributed by atoms with Gasteiger partial charge >= 0.3 is 5.97 Å². The Morgan fingerprint density at radius 1 is 1.29 bits per heavy atom. The number of para-hydroxylation sites is 2. The number of carbonyl (C=O) groups is 3. The zero-order valence-electron chi connectivity index (χ0n) is 11.8. The highest BCUT2D eigenvalue weighted by molar-refractivity contribution is 6.12. The summed E-state index contributed by atoms with van der Waals surface area (Å²) in [5, 5.41) is 11.9. The van der Waals surface area contributed by atoms with Crippen LogP contribution in [0.25, 0.3) is 0 Å². The number of carboxylic acids is 1. The van der Waals surface area contributed by atoms with Crippen molar-refractivity contribution in [3.05, 3.63) is 24.3 Å². The van der Waals surface area contributed by atoms with Crippen molar-refractivity contribution >= 4 is 29.2 Å². The predicted molar refractivity (Wildman–Crippen MR) is 75.8 cm³/mol. The molecule has 2 amide bonds. The molecule has 21 heavy (non-hydrogen) atoms. The van der Waals surface area contributed by atoms with E-state index in [2.05, 4.69) is 5.32 Å². The summed E-state index contributed by atoms with van der Waals surface area (Å²) in [6.07, 6.45) is 0. The minimum absolute atomic E-state index is 0.0746. The fourth-order valence-corrected chi connectivity index (χ4v) is 3.16. The fourth-order valence-electron chi connectivity index (χ4n) is 3.16. The van der Waals surface area contributed by atoms with Gasteiger partial charge in [0.15, 0.2) is 0 Å². The van der Waals surface area contributed by atoms with Gasteiger partial charge in [0.05, 0.1) is 23.2 Å².